The van der Waals surface area contributed by atoms with Crippen molar-refractivity contribution in [1.29, 1.82) is 5.26 Å². The first-order valence-electron chi connectivity index (χ1n) is 11.8. The number of aliphatic hydroxyl groups excluding tert-OH is 1. The number of likely N-dealkylation sites (N-methyl/N-ethyl adjacent to an activating group) is 1. The predicted molar refractivity (Wildman–Crippen MR) is 130 cm³/mol. The van der Waals surface area contributed by atoms with E-state index in [4.69, 9.17) is 0 Å². The number of hydrogen-bond donors (Lipinski definition) is 3. The summed E-state index contributed by atoms with van der Waals surface area (Å²) in [5, 5.41) is 26.0. The highest BCUT2D eigenvalue weighted by atomic mass is 16.3. The Morgan fingerprint density at radius 1 is 1.24 bits per heavy atom. The van der Waals surface area contributed by atoms with Crippen LogP contribution in [0.1, 0.15) is 69.4 Å². The first-order chi connectivity index (χ1) is 16.0. The van der Waals surface area contributed by atoms with Gasteiger partial charge < -0.3 is 20.6 Å². The number of fused-ring (bicyclic) bond motifs is 1. The molecule has 1 aromatic heterocycles. The van der Waals surface area contributed by atoms with Gasteiger partial charge in [0.2, 0.25) is 11.9 Å². The van der Waals surface area contributed by atoms with Crippen LogP contribution >= 0.6 is 0 Å². The van der Waals surface area contributed by atoms with Gasteiger partial charge in [0, 0.05) is 25.3 Å². The van der Waals surface area contributed by atoms with Gasteiger partial charge in [-0.25, -0.2) is 4.98 Å². The van der Waals surface area contributed by atoms with Crippen molar-refractivity contribution in [3.63, 3.8) is 0 Å². The molecule has 0 spiro atoms. The SMILES string of the molecule is CCC[C@@H](CC[C@H](O)CC)Nc1nc(NCCC2C(=O)N(C)c3ccccc32)ncc1C#N. The molecule has 3 N–H and O–H groups in total. The molecule has 2 aromatic rings. The second kappa shape index (κ2) is 11.6. The largest absolute Gasteiger partial charge is 0.393 e. The lowest BCUT2D eigenvalue weighted by molar-refractivity contribution is -0.119. The van der Waals surface area contributed by atoms with Gasteiger partial charge in [-0.1, -0.05) is 38.5 Å². The van der Waals surface area contributed by atoms with Gasteiger partial charge in [0.1, 0.15) is 17.5 Å². The maximum atomic E-state index is 12.7. The van der Waals surface area contributed by atoms with Crippen molar-refractivity contribution in [1.82, 2.24) is 9.97 Å². The van der Waals surface area contributed by atoms with E-state index in [9.17, 15) is 15.2 Å². The number of carbonyl (C=O) groups excluding carboxylic acids is 1. The Labute approximate surface area is 196 Å². The number of hydrogen-bond acceptors (Lipinski definition) is 7. The molecule has 2 heterocycles. The molecular weight excluding hydrogens is 416 g/mol. The number of nitrogens with zero attached hydrogens (tertiary/aromatic N) is 4. The zero-order chi connectivity index (χ0) is 23.8. The highest BCUT2D eigenvalue weighted by Gasteiger charge is 2.34. The average Bonchev–Trinajstić information content (AvgIpc) is 3.07. The van der Waals surface area contributed by atoms with Gasteiger partial charge in [0.25, 0.3) is 0 Å². The van der Waals surface area contributed by atoms with E-state index in [0.29, 0.717) is 36.7 Å². The van der Waals surface area contributed by atoms with Crippen LogP contribution < -0.4 is 15.5 Å². The molecule has 8 nitrogen and oxygen atoms in total. The molecule has 3 rings (SSSR count). The monoisotopic (exact) mass is 450 g/mol. The van der Waals surface area contributed by atoms with Gasteiger partial charge in [0.05, 0.1) is 18.2 Å². The number of nitrogens with one attached hydrogen (secondary N) is 2. The number of rotatable bonds is 12. The quantitative estimate of drug-likeness (QED) is 0.447. The van der Waals surface area contributed by atoms with E-state index < -0.39 is 0 Å². The summed E-state index contributed by atoms with van der Waals surface area (Å²) >= 11 is 0. The molecule has 0 aliphatic carbocycles. The summed E-state index contributed by atoms with van der Waals surface area (Å²) in [6.07, 6.45) is 5.98. The molecule has 176 valence electrons. The molecule has 1 aliphatic heterocycles. The Hall–Kier alpha value is -3.18. The van der Waals surface area contributed by atoms with E-state index in [-0.39, 0.29) is 24.0 Å². The Bertz CT molecular complexity index is 989. The fraction of sp³-hybridized carbons (Fsp3) is 0.520. The van der Waals surface area contributed by atoms with Crippen LogP contribution in [-0.2, 0) is 4.79 Å². The Morgan fingerprint density at radius 2 is 2.03 bits per heavy atom. The minimum atomic E-state index is -0.313. The normalized spacial score (nSPS) is 16.8. The van der Waals surface area contributed by atoms with Crippen LogP contribution in [0.5, 0.6) is 0 Å². The van der Waals surface area contributed by atoms with Gasteiger partial charge in [-0.05, 0) is 43.7 Å². The second-order valence-corrected chi connectivity index (χ2v) is 8.56. The number of para-hydroxylation sites is 1. The summed E-state index contributed by atoms with van der Waals surface area (Å²) in [6, 6.07) is 10.1. The van der Waals surface area contributed by atoms with Crippen LogP contribution in [0.4, 0.5) is 17.5 Å². The van der Waals surface area contributed by atoms with E-state index in [0.717, 1.165) is 36.9 Å². The lowest BCUT2D eigenvalue weighted by Gasteiger charge is -2.21. The predicted octanol–water partition coefficient (Wildman–Crippen LogP) is 4.04. The van der Waals surface area contributed by atoms with Crippen LogP contribution in [-0.4, -0.2) is 46.7 Å². The van der Waals surface area contributed by atoms with Crippen LogP contribution in [0, 0.1) is 11.3 Å². The molecule has 33 heavy (non-hydrogen) atoms. The fourth-order valence-electron chi connectivity index (χ4n) is 4.27. The number of nitriles is 1. The third kappa shape index (κ3) is 5.99. The molecule has 0 saturated carbocycles. The number of amides is 1. The third-order valence-corrected chi connectivity index (χ3v) is 6.23. The van der Waals surface area contributed by atoms with Crippen molar-refractivity contribution in [2.24, 2.45) is 0 Å². The van der Waals surface area contributed by atoms with E-state index in [1.54, 1.807) is 4.90 Å². The maximum absolute atomic E-state index is 12.7. The standard InChI is InChI=1S/C25H34N6O2/c1-4-8-18(11-12-19(32)5-2)29-23-17(15-26)16-28-25(30-23)27-14-13-21-20-9-6-7-10-22(20)31(3)24(21)33/h6-7,9-10,16,18-19,21,32H,4-5,8,11-14H2,1-3H3,(H2,27,28,29,30)/t18-,19+,21?/m0/s1. The van der Waals surface area contributed by atoms with E-state index in [1.807, 2.05) is 38.2 Å². The van der Waals surface area contributed by atoms with Gasteiger partial charge >= 0.3 is 0 Å². The molecule has 1 aliphatic rings. The smallest absolute Gasteiger partial charge is 0.234 e. The van der Waals surface area contributed by atoms with Crippen LogP contribution in [0.3, 0.4) is 0 Å². The van der Waals surface area contributed by atoms with Crippen molar-refractivity contribution in [3.05, 3.63) is 41.6 Å². The Morgan fingerprint density at radius 3 is 2.76 bits per heavy atom. The lowest BCUT2D eigenvalue weighted by Crippen LogP contribution is -2.25. The molecular formula is C25H34N6O2. The number of benzene rings is 1. The summed E-state index contributed by atoms with van der Waals surface area (Å²) in [6.45, 7) is 4.62. The van der Waals surface area contributed by atoms with Gasteiger partial charge in [-0.15, -0.1) is 0 Å². The molecule has 1 aromatic carbocycles. The Balaban J connectivity index is 1.64. The topological polar surface area (TPSA) is 114 Å². The van der Waals surface area contributed by atoms with E-state index >= 15 is 0 Å². The van der Waals surface area contributed by atoms with Gasteiger partial charge in [0.15, 0.2) is 0 Å². The van der Waals surface area contributed by atoms with Crippen LogP contribution in [0.2, 0.25) is 0 Å². The lowest BCUT2D eigenvalue weighted by atomic mass is 9.97. The van der Waals surface area contributed by atoms with Crippen molar-refractivity contribution >= 4 is 23.4 Å². The maximum Gasteiger partial charge on any atom is 0.234 e. The molecule has 8 heteroatoms. The number of carbonyl (C=O) groups is 1. The molecule has 1 unspecified atom stereocenters. The van der Waals surface area contributed by atoms with Crippen molar-refractivity contribution in [2.45, 2.75) is 70.4 Å². The summed E-state index contributed by atoms with van der Waals surface area (Å²) in [5.41, 5.74) is 2.40. The minimum absolute atomic E-state index is 0.0952. The molecule has 0 saturated heterocycles. The zero-order valence-corrected chi connectivity index (χ0v) is 19.7. The second-order valence-electron chi connectivity index (χ2n) is 8.56. The highest BCUT2D eigenvalue weighted by molar-refractivity contribution is 6.04. The molecule has 0 bridgehead atoms. The highest BCUT2D eigenvalue weighted by Crippen LogP contribution is 2.37. The number of aliphatic hydroxyl groups is 1. The number of aromatic nitrogens is 2. The van der Waals surface area contributed by atoms with Gasteiger partial charge in [-0.3, -0.25) is 4.79 Å². The Kier molecular flexibility index (Phi) is 8.61. The minimum Gasteiger partial charge on any atom is -0.393 e. The third-order valence-electron chi connectivity index (χ3n) is 6.23. The zero-order valence-electron chi connectivity index (χ0n) is 19.7. The van der Waals surface area contributed by atoms with Crippen LogP contribution in [0.25, 0.3) is 0 Å². The van der Waals surface area contributed by atoms with Crippen molar-refractivity contribution in [3.8, 4) is 6.07 Å². The summed E-state index contributed by atoms with van der Waals surface area (Å²) in [5.74, 6) is 0.834. The van der Waals surface area contributed by atoms with Crippen molar-refractivity contribution in [2.75, 3.05) is 29.1 Å². The first kappa shape index (κ1) is 24.5. The molecule has 1 amide bonds. The summed E-state index contributed by atoms with van der Waals surface area (Å²) in [7, 11) is 1.81. The molecule has 0 radical (unpaired) electrons. The van der Waals surface area contributed by atoms with Gasteiger partial charge in [-0.2, -0.15) is 10.2 Å². The summed E-state index contributed by atoms with van der Waals surface area (Å²) in [4.78, 5) is 23.2. The molecule has 0 fully saturated rings. The molecule has 3 atom stereocenters. The average molecular weight is 451 g/mol. The fourth-order valence-corrected chi connectivity index (χ4v) is 4.27. The van der Waals surface area contributed by atoms with E-state index in [1.165, 1.54) is 6.20 Å². The first-order valence-corrected chi connectivity index (χ1v) is 11.8. The van der Waals surface area contributed by atoms with Crippen molar-refractivity contribution < 1.29 is 9.90 Å². The van der Waals surface area contributed by atoms with E-state index in [2.05, 4.69) is 33.6 Å². The van der Waals surface area contributed by atoms with Crippen LogP contribution in [0.15, 0.2) is 30.5 Å². The summed E-state index contributed by atoms with van der Waals surface area (Å²) < 4.78 is 0. The number of anilines is 3.